The molecule has 0 bridgehead atoms. The molecule has 1 fully saturated rings. The molecule has 126 valence electrons. The summed E-state index contributed by atoms with van der Waals surface area (Å²) >= 11 is 0. The Morgan fingerprint density at radius 3 is 2.65 bits per heavy atom. The van der Waals surface area contributed by atoms with Gasteiger partial charge in [-0.15, -0.1) is 0 Å². The first-order valence-electron chi connectivity index (χ1n) is 8.23. The van der Waals surface area contributed by atoms with Crippen molar-refractivity contribution in [3.05, 3.63) is 12.0 Å². The monoisotopic (exact) mass is 319 g/mol. The molecule has 0 spiro atoms. The molecule has 23 heavy (non-hydrogen) atoms. The molecule has 1 saturated carbocycles. The summed E-state index contributed by atoms with van der Waals surface area (Å²) in [6.07, 6.45) is 4.55. The topological polar surface area (TPSA) is 96.1 Å². The third-order valence-corrected chi connectivity index (χ3v) is 4.57. The van der Waals surface area contributed by atoms with Crippen molar-refractivity contribution < 1.29 is 10.2 Å². The first-order valence-corrected chi connectivity index (χ1v) is 8.23. The normalized spacial score (nSPS) is 25.2. The van der Waals surface area contributed by atoms with Crippen molar-refractivity contribution in [1.29, 1.82) is 0 Å². The maximum atomic E-state index is 10.2. The number of aromatic nitrogens is 4. The van der Waals surface area contributed by atoms with Crippen molar-refractivity contribution in [1.82, 2.24) is 19.5 Å². The number of aryl methyl sites for hydroxylation is 1. The molecule has 0 radical (unpaired) electrons. The van der Waals surface area contributed by atoms with E-state index < -0.39 is 5.60 Å². The fourth-order valence-corrected chi connectivity index (χ4v) is 3.33. The number of aliphatic hydroxyl groups is 2. The lowest BCUT2D eigenvalue weighted by Gasteiger charge is -2.35. The number of hydrogen-bond donors (Lipinski definition) is 3. The summed E-state index contributed by atoms with van der Waals surface area (Å²) < 4.78 is 2.15. The van der Waals surface area contributed by atoms with Gasteiger partial charge in [-0.3, -0.25) is 0 Å². The van der Waals surface area contributed by atoms with Gasteiger partial charge in [0.25, 0.3) is 0 Å². The smallest absolute Gasteiger partial charge is 0.224 e. The second-order valence-electron chi connectivity index (χ2n) is 6.84. The molecule has 0 amide bonds. The minimum absolute atomic E-state index is 0.173. The Morgan fingerprint density at radius 2 is 2.04 bits per heavy atom. The van der Waals surface area contributed by atoms with Gasteiger partial charge in [-0.2, -0.15) is 4.98 Å². The molecule has 0 atom stereocenters. The quantitative estimate of drug-likeness (QED) is 0.795. The van der Waals surface area contributed by atoms with E-state index >= 15 is 0 Å². The van der Waals surface area contributed by atoms with E-state index in [9.17, 15) is 10.2 Å². The molecule has 2 heterocycles. The maximum absolute atomic E-state index is 10.2. The van der Waals surface area contributed by atoms with E-state index in [1.807, 2.05) is 20.8 Å². The maximum Gasteiger partial charge on any atom is 0.224 e. The Labute approximate surface area is 135 Å². The summed E-state index contributed by atoms with van der Waals surface area (Å²) in [5, 5.41) is 22.7. The number of hydrogen-bond acceptors (Lipinski definition) is 6. The fourth-order valence-electron chi connectivity index (χ4n) is 3.33. The second kappa shape index (κ2) is 6.05. The number of aliphatic hydroxyl groups excluding tert-OH is 1. The zero-order chi connectivity index (χ0) is 16.6. The van der Waals surface area contributed by atoms with Crippen LogP contribution in [0.15, 0.2) is 6.20 Å². The predicted octanol–water partition coefficient (Wildman–Crippen LogP) is 1.79. The van der Waals surface area contributed by atoms with Crippen LogP contribution in [0.25, 0.3) is 11.2 Å². The van der Waals surface area contributed by atoms with Gasteiger partial charge < -0.3 is 20.1 Å². The van der Waals surface area contributed by atoms with Gasteiger partial charge in [-0.05, 0) is 46.5 Å². The SMILES string of the molecule is Cc1nc2cnc(NC(C)C)nc2n1[C@H]1CC[C@@](O)(CO)CC1. The molecule has 2 aromatic heterocycles. The van der Waals surface area contributed by atoms with Crippen molar-refractivity contribution in [3.63, 3.8) is 0 Å². The molecule has 3 N–H and O–H groups in total. The van der Waals surface area contributed by atoms with Crippen molar-refractivity contribution in [3.8, 4) is 0 Å². The van der Waals surface area contributed by atoms with Crippen LogP contribution in [0.3, 0.4) is 0 Å². The summed E-state index contributed by atoms with van der Waals surface area (Å²) in [6.45, 7) is 5.90. The van der Waals surface area contributed by atoms with E-state index in [-0.39, 0.29) is 18.7 Å². The molecular formula is C16H25N5O2. The highest BCUT2D eigenvalue weighted by Crippen LogP contribution is 2.36. The van der Waals surface area contributed by atoms with Gasteiger partial charge in [0.2, 0.25) is 5.95 Å². The molecule has 0 saturated heterocycles. The first-order chi connectivity index (χ1) is 10.9. The van der Waals surface area contributed by atoms with Gasteiger partial charge in [0.15, 0.2) is 5.65 Å². The third kappa shape index (κ3) is 3.16. The lowest BCUT2D eigenvalue weighted by Crippen LogP contribution is -2.38. The summed E-state index contributed by atoms with van der Waals surface area (Å²) in [5.74, 6) is 1.52. The Bertz CT molecular complexity index is 689. The van der Waals surface area contributed by atoms with Crippen molar-refractivity contribution in [2.45, 2.75) is 64.1 Å². The minimum Gasteiger partial charge on any atom is -0.393 e. The molecular weight excluding hydrogens is 294 g/mol. The number of fused-ring (bicyclic) bond motifs is 1. The van der Waals surface area contributed by atoms with E-state index in [1.54, 1.807) is 6.20 Å². The van der Waals surface area contributed by atoms with Crippen LogP contribution < -0.4 is 5.32 Å². The summed E-state index contributed by atoms with van der Waals surface area (Å²) in [6, 6.07) is 0.507. The molecule has 7 nitrogen and oxygen atoms in total. The highest BCUT2D eigenvalue weighted by atomic mass is 16.3. The zero-order valence-corrected chi connectivity index (χ0v) is 14.0. The molecule has 1 aliphatic carbocycles. The Hall–Kier alpha value is -1.73. The van der Waals surface area contributed by atoms with Crippen molar-refractivity contribution in [2.24, 2.45) is 0 Å². The number of nitrogens with one attached hydrogen (secondary N) is 1. The van der Waals surface area contributed by atoms with Crippen molar-refractivity contribution in [2.75, 3.05) is 11.9 Å². The van der Waals surface area contributed by atoms with Crippen LogP contribution in [0, 0.1) is 6.92 Å². The van der Waals surface area contributed by atoms with Crippen LogP contribution in [-0.2, 0) is 0 Å². The highest BCUT2D eigenvalue weighted by Gasteiger charge is 2.34. The van der Waals surface area contributed by atoms with Crippen LogP contribution in [0.1, 0.15) is 51.4 Å². The number of nitrogens with zero attached hydrogens (tertiary/aromatic N) is 4. The molecule has 3 rings (SSSR count). The first kappa shape index (κ1) is 16.1. The number of rotatable bonds is 4. The Balaban J connectivity index is 1.92. The number of imidazole rings is 1. The lowest BCUT2D eigenvalue weighted by molar-refractivity contribution is -0.0501. The van der Waals surface area contributed by atoms with Gasteiger partial charge in [-0.25, -0.2) is 9.97 Å². The van der Waals surface area contributed by atoms with Gasteiger partial charge in [0.1, 0.15) is 11.3 Å². The van der Waals surface area contributed by atoms with Crippen molar-refractivity contribution >= 4 is 17.1 Å². The van der Waals surface area contributed by atoms with Gasteiger partial charge >= 0.3 is 0 Å². The molecule has 0 aromatic carbocycles. The third-order valence-electron chi connectivity index (χ3n) is 4.57. The minimum atomic E-state index is -0.930. The molecule has 1 aliphatic rings. The average Bonchev–Trinajstić information content (AvgIpc) is 2.83. The van der Waals surface area contributed by atoms with E-state index in [1.165, 1.54) is 0 Å². The summed E-state index contributed by atoms with van der Waals surface area (Å²) in [7, 11) is 0. The standard InChI is InChI=1S/C16H25N5O2/c1-10(2)18-15-17-8-13-14(20-15)21(11(3)19-13)12-4-6-16(23,9-22)7-5-12/h8,10,12,22-23H,4-7,9H2,1-3H3,(H,17,18,20)/t12-,16-. The lowest BCUT2D eigenvalue weighted by atomic mass is 9.82. The van der Waals surface area contributed by atoms with E-state index in [2.05, 4.69) is 24.8 Å². The van der Waals surface area contributed by atoms with E-state index in [0.29, 0.717) is 18.8 Å². The molecule has 2 aromatic rings. The van der Waals surface area contributed by atoms with E-state index in [0.717, 1.165) is 29.8 Å². The summed E-state index contributed by atoms with van der Waals surface area (Å²) in [5.41, 5.74) is 0.694. The predicted molar refractivity (Wildman–Crippen MR) is 88.4 cm³/mol. The van der Waals surface area contributed by atoms with Crippen LogP contribution >= 0.6 is 0 Å². The van der Waals surface area contributed by atoms with Gasteiger partial charge in [0, 0.05) is 12.1 Å². The van der Waals surface area contributed by atoms with Crippen LogP contribution in [0.5, 0.6) is 0 Å². The van der Waals surface area contributed by atoms with Crippen LogP contribution in [0.2, 0.25) is 0 Å². The largest absolute Gasteiger partial charge is 0.393 e. The van der Waals surface area contributed by atoms with E-state index in [4.69, 9.17) is 0 Å². The summed E-state index contributed by atoms with van der Waals surface area (Å²) in [4.78, 5) is 13.5. The molecule has 0 aliphatic heterocycles. The van der Waals surface area contributed by atoms with Gasteiger partial charge in [-0.1, -0.05) is 0 Å². The fraction of sp³-hybridized carbons (Fsp3) is 0.688. The van der Waals surface area contributed by atoms with Gasteiger partial charge in [0.05, 0.1) is 18.4 Å². The number of anilines is 1. The average molecular weight is 319 g/mol. The molecule has 0 unspecified atom stereocenters. The zero-order valence-electron chi connectivity index (χ0n) is 14.0. The molecule has 7 heteroatoms. The second-order valence-corrected chi connectivity index (χ2v) is 6.84. The Kier molecular flexibility index (Phi) is 4.25. The van der Waals surface area contributed by atoms with Crippen LogP contribution in [-0.4, -0.2) is 48.0 Å². The highest BCUT2D eigenvalue weighted by molar-refractivity contribution is 5.72. The van der Waals surface area contributed by atoms with Crippen LogP contribution in [0.4, 0.5) is 5.95 Å². The Morgan fingerprint density at radius 1 is 1.35 bits per heavy atom.